The Balaban J connectivity index is 2.00. The highest BCUT2D eigenvalue weighted by molar-refractivity contribution is 9.10. The molecule has 1 aromatic carbocycles. The summed E-state index contributed by atoms with van der Waals surface area (Å²) in [5.74, 6) is -1.06. The zero-order valence-electron chi connectivity index (χ0n) is 11.6. The first-order chi connectivity index (χ1) is 9.78. The van der Waals surface area contributed by atoms with Crippen LogP contribution in [-0.4, -0.2) is 35.9 Å². The van der Waals surface area contributed by atoms with Crippen LogP contribution in [0.5, 0.6) is 0 Å². The van der Waals surface area contributed by atoms with E-state index in [2.05, 4.69) is 21.2 Å². The van der Waals surface area contributed by atoms with E-state index in [0.717, 1.165) is 0 Å². The summed E-state index contributed by atoms with van der Waals surface area (Å²) in [4.78, 5) is 22.3. The molecule has 1 saturated heterocycles. The van der Waals surface area contributed by atoms with Gasteiger partial charge in [-0.1, -0.05) is 0 Å². The third kappa shape index (κ3) is 3.99. The van der Waals surface area contributed by atoms with E-state index in [0.29, 0.717) is 11.1 Å². The molecule has 0 aliphatic carbocycles. The second-order valence-corrected chi connectivity index (χ2v) is 5.94. The van der Waals surface area contributed by atoms with E-state index in [9.17, 15) is 14.9 Å². The minimum Gasteiger partial charge on any atom is -0.349 e. The second kappa shape index (κ2) is 6.08. The molecule has 114 valence electrons. The van der Waals surface area contributed by atoms with Crippen LogP contribution in [0.1, 0.15) is 24.2 Å². The van der Waals surface area contributed by atoms with Crippen LogP contribution in [0, 0.1) is 10.1 Å². The van der Waals surface area contributed by atoms with Gasteiger partial charge < -0.3 is 14.8 Å². The first-order valence-corrected chi connectivity index (χ1v) is 7.12. The van der Waals surface area contributed by atoms with Crippen molar-refractivity contribution in [2.45, 2.75) is 25.7 Å². The number of nitro benzene ring substituents is 1. The summed E-state index contributed by atoms with van der Waals surface area (Å²) in [6, 6.07) is 4.04. The predicted octanol–water partition coefficient (Wildman–Crippen LogP) is 2.24. The first kappa shape index (κ1) is 15.9. The van der Waals surface area contributed by atoms with Gasteiger partial charge in [0.2, 0.25) is 0 Å². The van der Waals surface area contributed by atoms with Crippen molar-refractivity contribution < 1.29 is 19.2 Å². The number of hydrogen-bond donors (Lipinski definition) is 1. The maximum atomic E-state index is 12.1. The van der Waals surface area contributed by atoms with Crippen molar-refractivity contribution in [2.75, 3.05) is 13.2 Å². The van der Waals surface area contributed by atoms with Crippen molar-refractivity contribution in [3.8, 4) is 0 Å². The fraction of sp³-hybridized carbons (Fsp3) is 0.462. The molecule has 0 saturated carbocycles. The quantitative estimate of drug-likeness (QED) is 0.658. The minimum atomic E-state index is -0.651. The lowest BCUT2D eigenvalue weighted by atomic mass is 10.2. The Hall–Kier alpha value is -1.51. The maximum absolute atomic E-state index is 12.1. The van der Waals surface area contributed by atoms with Gasteiger partial charge in [-0.25, -0.2) is 0 Å². The topological polar surface area (TPSA) is 90.7 Å². The molecule has 0 bridgehead atoms. The smallest absolute Gasteiger partial charge is 0.270 e. The number of nitrogens with zero attached hydrogens (tertiary/aromatic N) is 1. The van der Waals surface area contributed by atoms with E-state index in [-0.39, 0.29) is 23.9 Å². The number of nitrogens with one attached hydrogen (secondary N) is 1. The van der Waals surface area contributed by atoms with Crippen LogP contribution in [0.25, 0.3) is 0 Å². The standard InChI is InChI=1S/C13H15BrN2O5/c1-13(2)20-7-9(21-13)6-15-12(17)10-5-8(16(18)19)3-4-11(10)14/h3-5,9H,6-7H2,1-2H3,(H,15,17). The van der Waals surface area contributed by atoms with E-state index in [1.54, 1.807) is 13.8 Å². The van der Waals surface area contributed by atoms with Gasteiger partial charge in [-0.15, -0.1) is 0 Å². The second-order valence-electron chi connectivity index (χ2n) is 5.08. The van der Waals surface area contributed by atoms with Crippen LogP contribution in [0.2, 0.25) is 0 Å². The molecule has 1 aromatic rings. The Kier molecular flexibility index (Phi) is 4.60. The predicted molar refractivity (Wildman–Crippen MR) is 78.0 cm³/mol. The molecule has 1 unspecified atom stereocenters. The molecule has 8 heteroatoms. The number of hydrogen-bond acceptors (Lipinski definition) is 5. The number of nitro groups is 1. The molecule has 1 atom stereocenters. The number of rotatable bonds is 4. The molecule has 2 rings (SSSR count). The Morgan fingerprint density at radius 1 is 1.57 bits per heavy atom. The van der Waals surface area contributed by atoms with Gasteiger partial charge in [-0.2, -0.15) is 0 Å². The fourth-order valence-corrected chi connectivity index (χ4v) is 2.39. The lowest BCUT2D eigenvalue weighted by Crippen LogP contribution is -2.34. The van der Waals surface area contributed by atoms with Gasteiger partial charge in [-0.05, 0) is 35.8 Å². The third-order valence-corrected chi connectivity index (χ3v) is 3.65. The third-order valence-electron chi connectivity index (χ3n) is 2.96. The van der Waals surface area contributed by atoms with Gasteiger partial charge in [0.1, 0.15) is 6.10 Å². The van der Waals surface area contributed by atoms with Crippen molar-refractivity contribution in [3.63, 3.8) is 0 Å². The normalized spacial score (nSPS) is 20.2. The van der Waals surface area contributed by atoms with Gasteiger partial charge >= 0.3 is 0 Å². The van der Waals surface area contributed by atoms with Crippen LogP contribution in [0.4, 0.5) is 5.69 Å². The van der Waals surface area contributed by atoms with Crippen LogP contribution >= 0.6 is 15.9 Å². The number of amides is 1. The zero-order chi connectivity index (χ0) is 15.6. The summed E-state index contributed by atoms with van der Waals surface area (Å²) in [7, 11) is 0. The van der Waals surface area contributed by atoms with Crippen LogP contribution in [-0.2, 0) is 9.47 Å². The summed E-state index contributed by atoms with van der Waals surface area (Å²) in [5.41, 5.74) is 0.0762. The van der Waals surface area contributed by atoms with Crippen LogP contribution in [0.3, 0.4) is 0 Å². The Labute approximate surface area is 129 Å². The Bertz CT molecular complexity index is 576. The highest BCUT2D eigenvalue weighted by Gasteiger charge is 2.32. The number of carbonyl (C=O) groups excluding carboxylic acids is 1. The largest absolute Gasteiger partial charge is 0.349 e. The van der Waals surface area contributed by atoms with Gasteiger partial charge in [0.15, 0.2) is 5.79 Å². The molecule has 1 aliphatic heterocycles. The Morgan fingerprint density at radius 3 is 2.86 bits per heavy atom. The minimum absolute atomic E-state index is 0.134. The average molecular weight is 359 g/mol. The van der Waals surface area contributed by atoms with Gasteiger partial charge in [0.25, 0.3) is 11.6 Å². The van der Waals surface area contributed by atoms with Crippen LogP contribution in [0.15, 0.2) is 22.7 Å². The Morgan fingerprint density at radius 2 is 2.29 bits per heavy atom. The lowest BCUT2D eigenvalue weighted by Gasteiger charge is -2.17. The van der Waals surface area contributed by atoms with Crippen molar-refractivity contribution >= 4 is 27.5 Å². The van der Waals surface area contributed by atoms with Crippen molar-refractivity contribution in [3.05, 3.63) is 38.3 Å². The number of benzene rings is 1. The highest BCUT2D eigenvalue weighted by Crippen LogP contribution is 2.24. The zero-order valence-corrected chi connectivity index (χ0v) is 13.2. The van der Waals surface area contributed by atoms with E-state index < -0.39 is 16.6 Å². The molecule has 0 spiro atoms. The summed E-state index contributed by atoms with van der Waals surface area (Å²) in [6.45, 7) is 4.26. The molecule has 1 aliphatic rings. The van der Waals surface area contributed by atoms with E-state index in [4.69, 9.17) is 9.47 Å². The van der Waals surface area contributed by atoms with Crippen molar-refractivity contribution in [1.29, 1.82) is 0 Å². The van der Waals surface area contributed by atoms with E-state index in [1.165, 1.54) is 18.2 Å². The molecule has 1 N–H and O–H groups in total. The molecule has 7 nitrogen and oxygen atoms in total. The molecule has 1 amide bonds. The number of ether oxygens (including phenoxy) is 2. The van der Waals surface area contributed by atoms with Gasteiger partial charge in [-0.3, -0.25) is 14.9 Å². The molecule has 0 radical (unpaired) electrons. The molecule has 1 fully saturated rings. The van der Waals surface area contributed by atoms with Crippen molar-refractivity contribution in [1.82, 2.24) is 5.32 Å². The SMILES string of the molecule is CC1(C)OCC(CNC(=O)c2cc([N+](=O)[O-])ccc2Br)O1. The van der Waals surface area contributed by atoms with Crippen molar-refractivity contribution in [2.24, 2.45) is 0 Å². The highest BCUT2D eigenvalue weighted by atomic mass is 79.9. The van der Waals surface area contributed by atoms with Crippen LogP contribution < -0.4 is 5.32 Å². The maximum Gasteiger partial charge on any atom is 0.270 e. The number of non-ortho nitro benzene ring substituents is 1. The summed E-state index contributed by atoms with van der Waals surface area (Å²) < 4.78 is 11.5. The molecular formula is C13H15BrN2O5. The fourth-order valence-electron chi connectivity index (χ4n) is 1.97. The number of carbonyl (C=O) groups is 1. The number of halogens is 1. The average Bonchev–Trinajstić information content (AvgIpc) is 2.76. The molecule has 21 heavy (non-hydrogen) atoms. The summed E-state index contributed by atoms with van der Waals surface area (Å²) >= 11 is 3.21. The molecule has 1 heterocycles. The van der Waals surface area contributed by atoms with Gasteiger partial charge in [0.05, 0.1) is 17.1 Å². The van der Waals surface area contributed by atoms with E-state index >= 15 is 0 Å². The van der Waals surface area contributed by atoms with E-state index in [1.807, 2.05) is 0 Å². The summed E-state index contributed by atoms with van der Waals surface area (Å²) in [5, 5.41) is 13.4. The monoisotopic (exact) mass is 358 g/mol. The summed E-state index contributed by atoms with van der Waals surface area (Å²) in [6.07, 6.45) is -0.235. The molecule has 0 aromatic heterocycles. The molecular weight excluding hydrogens is 344 g/mol. The van der Waals surface area contributed by atoms with Gasteiger partial charge in [0, 0.05) is 23.2 Å². The lowest BCUT2D eigenvalue weighted by molar-refractivity contribution is -0.384. The first-order valence-electron chi connectivity index (χ1n) is 6.32.